The number of ketones is 1. The molecule has 136 valence electrons. The Bertz CT molecular complexity index is 985. The second kappa shape index (κ2) is 7.19. The number of piperazine rings is 1. The molecule has 1 fully saturated rings. The molecule has 0 atom stereocenters. The van der Waals surface area contributed by atoms with Gasteiger partial charge >= 0.3 is 0 Å². The summed E-state index contributed by atoms with van der Waals surface area (Å²) in [5.41, 5.74) is 3.22. The molecular formula is C22H21N3O2. The Hall–Kier alpha value is -3.21. The predicted molar refractivity (Wildman–Crippen MR) is 106 cm³/mol. The summed E-state index contributed by atoms with van der Waals surface area (Å²) in [5.74, 6) is 0.103. The van der Waals surface area contributed by atoms with Gasteiger partial charge in [-0.2, -0.15) is 0 Å². The zero-order valence-electron chi connectivity index (χ0n) is 15.3. The molecule has 0 spiro atoms. The van der Waals surface area contributed by atoms with Crippen LogP contribution in [0.3, 0.4) is 0 Å². The van der Waals surface area contributed by atoms with E-state index in [9.17, 15) is 9.59 Å². The minimum Gasteiger partial charge on any atom is -0.368 e. The van der Waals surface area contributed by atoms with Gasteiger partial charge in [0.25, 0.3) is 5.91 Å². The topological polar surface area (TPSA) is 53.5 Å². The molecule has 5 nitrogen and oxygen atoms in total. The maximum absolute atomic E-state index is 13.0. The Balaban J connectivity index is 1.47. The Morgan fingerprint density at radius 2 is 1.59 bits per heavy atom. The van der Waals surface area contributed by atoms with Crippen LogP contribution in [0.15, 0.2) is 60.8 Å². The number of hydrogen-bond acceptors (Lipinski definition) is 4. The van der Waals surface area contributed by atoms with E-state index in [0.717, 1.165) is 35.2 Å². The van der Waals surface area contributed by atoms with Crippen molar-refractivity contribution in [3.8, 4) is 0 Å². The number of pyridine rings is 1. The minimum atomic E-state index is 0.0332. The van der Waals surface area contributed by atoms with Crippen molar-refractivity contribution in [3.05, 3.63) is 71.9 Å². The summed E-state index contributed by atoms with van der Waals surface area (Å²) >= 11 is 0. The van der Waals surface area contributed by atoms with Crippen molar-refractivity contribution in [3.63, 3.8) is 0 Å². The number of anilines is 1. The standard InChI is InChI=1S/C22H21N3O2/c1-16(26)17-7-9-19(10-8-17)24-12-14-25(15-13-24)22(27)20-6-2-4-18-5-3-11-23-21(18)20/h2-11H,12-15H2,1H3. The van der Waals surface area contributed by atoms with Crippen molar-refractivity contribution < 1.29 is 9.59 Å². The first-order chi connectivity index (χ1) is 13.1. The number of benzene rings is 2. The van der Waals surface area contributed by atoms with Crippen LogP contribution >= 0.6 is 0 Å². The third kappa shape index (κ3) is 3.40. The van der Waals surface area contributed by atoms with E-state index in [1.165, 1.54) is 0 Å². The molecule has 5 heteroatoms. The van der Waals surface area contributed by atoms with Crippen molar-refractivity contribution >= 4 is 28.3 Å². The normalized spacial score (nSPS) is 14.4. The van der Waals surface area contributed by atoms with E-state index in [0.29, 0.717) is 18.7 Å². The van der Waals surface area contributed by atoms with Gasteiger partial charge in [-0.3, -0.25) is 14.6 Å². The van der Waals surface area contributed by atoms with Gasteiger partial charge in [-0.1, -0.05) is 18.2 Å². The molecule has 4 rings (SSSR count). The molecule has 1 aliphatic heterocycles. The summed E-state index contributed by atoms with van der Waals surface area (Å²) in [5, 5.41) is 0.979. The number of hydrogen-bond donors (Lipinski definition) is 0. The van der Waals surface area contributed by atoms with Crippen LogP contribution in [0, 0.1) is 0 Å². The number of para-hydroxylation sites is 1. The average molecular weight is 359 g/mol. The first kappa shape index (κ1) is 17.2. The van der Waals surface area contributed by atoms with E-state index in [2.05, 4.69) is 9.88 Å². The van der Waals surface area contributed by atoms with Gasteiger partial charge < -0.3 is 9.80 Å². The molecule has 0 bridgehead atoms. The summed E-state index contributed by atoms with van der Waals surface area (Å²) in [4.78, 5) is 33.0. The Morgan fingerprint density at radius 1 is 0.889 bits per heavy atom. The van der Waals surface area contributed by atoms with E-state index in [1.54, 1.807) is 13.1 Å². The molecule has 1 aliphatic rings. The molecule has 0 aliphatic carbocycles. The van der Waals surface area contributed by atoms with Gasteiger partial charge in [-0.05, 0) is 43.3 Å². The van der Waals surface area contributed by atoms with Crippen molar-refractivity contribution in [1.82, 2.24) is 9.88 Å². The maximum atomic E-state index is 13.0. The number of Topliss-reactive ketones (excluding diaryl/α,β-unsaturated/α-hetero) is 1. The molecule has 27 heavy (non-hydrogen) atoms. The number of fused-ring (bicyclic) bond motifs is 1. The fraction of sp³-hybridized carbons (Fsp3) is 0.227. The highest BCUT2D eigenvalue weighted by Gasteiger charge is 2.23. The highest BCUT2D eigenvalue weighted by molar-refractivity contribution is 6.05. The quantitative estimate of drug-likeness (QED) is 0.673. The number of aromatic nitrogens is 1. The highest BCUT2D eigenvalue weighted by Crippen LogP contribution is 2.21. The van der Waals surface area contributed by atoms with E-state index in [1.807, 2.05) is 59.5 Å². The third-order valence-corrected chi connectivity index (χ3v) is 5.07. The summed E-state index contributed by atoms with van der Waals surface area (Å²) < 4.78 is 0. The largest absolute Gasteiger partial charge is 0.368 e. The maximum Gasteiger partial charge on any atom is 0.256 e. The molecule has 2 aromatic carbocycles. The monoisotopic (exact) mass is 359 g/mol. The van der Waals surface area contributed by atoms with Gasteiger partial charge in [-0.15, -0.1) is 0 Å². The average Bonchev–Trinajstić information content (AvgIpc) is 2.73. The minimum absolute atomic E-state index is 0.0332. The van der Waals surface area contributed by atoms with Crippen LogP contribution in [-0.2, 0) is 0 Å². The van der Waals surface area contributed by atoms with Crippen molar-refractivity contribution in [1.29, 1.82) is 0 Å². The van der Waals surface area contributed by atoms with Crippen molar-refractivity contribution in [2.75, 3.05) is 31.1 Å². The van der Waals surface area contributed by atoms with Crippen LogP contribution in [0.25, 0.3) is 10.9 Å². The fourth-order valence-electron chi connectivity index (χ4n) is 3.52. The lowest BCUT2D eigenvalue weighted by Crippen LogP contribution is -2.48. The molecule has 0 unspecified atom stereocenters. The smallest absolute Gasteiger partial charge is 0.256 e. The SMILES string of the molecule is CC(=O)c1ccc(N2CCN(C(=O)c3cccc4cccnc34)CC2)cc1. The van der Waals surface area contributed by atoms with Crippen LogP contribution in [0.5, 0.6) is 0 Å². The van der Waals surface area contributed by atoms with E-state index in [4.69, 9.17) is 0 Å². The van der Waals surface area contributed by atoms with Gasteiger partial charge in [-0.25, -0.2) is 0 Å². The second-order valence-corrected chi connectivity index (χ2v) is 6.76. The molecule has 1 saturated heterocycles. The Morgan fingerprint density at radius 3 is 2.30 bits per heavy atom. The Kier molecular flexibility index (Phi) is 4.59. The van der Waals surface area contributed by atoms with Crippen molar-refractivity contribution in [2.24, 2.45) is 0 Å². The van der Waals surface area contributed by atoms with Gasteiger partial charge in [0.2, 0.25) is 0 Å². The summed E-state index contributed by atoms with van der Waals surface area (Å²) in [6.07, 6.45) is 1.72. The molecule has 0 N–H and O–H groups in total. The van der Waals surface area contributed by atoms with Gasteiger partial charge in [0.05, 0.1) is 11.1 Å². The third-order valence-electron chi connectivity index (χ3n) is 5.07. The molecule has 2 heterocycles. The number of nitrogens with zero attached hydrogens (tertiary/aromatic N) is 3. The molecule has 1 amide bonds. The van der Waals surface area contributed by atoms with Gasteiger partial charge in [0.15, 0.2) is 5.78 Å². The van der Waals surface area contributed by atoms with Gasteiger partial charge in [0, 0.05) is 49.0 Å². The lowest BCUT2D eigenvalue weighted by Gasteiger charge is -2.36. The molecule has 0 radical (unpaired) electrons. The fourth-order valence-corrected chi connectivity index (χ4v) is 3.52. The molecule has 1 aromatic heterocycles. The number of rotatable bonds is 3. The summed E-state index contributed by atoms with van der Waals surface area (Å²) in [7, 11) is 0. The highest BCUT2D eigenvalue weighted by atomic mass is 16.2. The first-order valence-corrected chi connectivity index (χ1v) is 9.12. The molecular weight excluding hydrogens is 338 g/mol. The first-order valence-electron chi connectivity index (χ1n) is 9.12. The van der Waals surface area contributed by atoms with Crippen molar-refractivity contribution in [2.45, 2.75) is 6.92 Å². The van der Waals surface area contributed by atoms with Crippen LogP contribution in [0.1, 0.15) is 27.6 Å². The van der Waals surface area contributed by atoms with E-state index < -0.39 is 0 Å². The lowest BCUT2D eigenvalue weighted by atomic mass is 10.1. The Labute approximate surface area is 158 Å². The van der Waals surface area contributed by atoms with E-state index in [-0.39, 0.29) is 11.7 Å². The predicted octanol–water partition coefficient (Wildman–Crippen LogP) is 3.40. The number of amides is 1. The lowest BCUT2D eigenvalue weighted by molar-refractivity contribution is 0.0748. The number of carbonyl (C=O) groups excluding carboxylic acids is 2. The summed E-state index contributed by atoms with van der Waals surface area (Å²) in [6.45, 7) is 4.43. The van der Waals surface area contributed by atoms with Crippen LogP contribution in [-0.4, -0.2) is 47.8 Å². The van der Waals surface area contributed by atoms with Crippen LogP contribution in [0.4, 0.5) is 5.69 Å². The summed E-state index contributed by atoms with van der Waals surface area (Å²) in [6, 6.07) is 17.3. The van der Waals surface area contributed by atoms with Crippen LogP contribution in [0.2, 0.25) is 0 Å². The van der Waals surface area contributed by atoms with E-state index >= 15 is 0 Å². The zero-order valence-corrected chi connectivity index (χ0v) is 15.3. The molecule has 3 aromatic rings. The van der Waals surface area contributed by atoms with Gasteiger partial charge in [0.1, 0.15) is 0 Å². The second-order valence-electron chi connectivity index (χ2n) is 6.76. The zero-order chi connectivity index (χ0) is 18.8. The molecule has 0 saturated carbocycles. The van der Waals surface area contributed by atoms with Crippen LogP contribution < -0.4 is 4.90 Å². The number of carbonyl (C=O) groups is 2.